The van der Waals surface area contributed by atoms with Crippen LogP contribution in [0.3, 0.4) is 0 Å². The number of aromatic carboxylic acids is 1. The first kappa shape index (κ1) is 11.4. The van der Waals surface area contributed by atoms with Gasteiger partial charge in [0.1, 0.15) is 11.5 Å². The molecule has 0 aliphatic heterocycles. The van der Waals surface area contributed by atoms with Gasteiger partial charge in [-0.3, -0.25) is 0 Å². The van der Waals surface area contributed by atoms with E-state index in [-0.39, 0.29) is 5.56 Å². The highest BCUT2D eigenvalue weighted by Gasteiger charge is 2.17. The number of carboxylic acid groups (broad SMARTS) is 1. The van der Waals surface area contributed by atoms with Crippen LogP contribution in [0.4, 0.5) is 0 Å². The van der Waals surface area contributed by atoms with Gasteiger partial charge in [0.2, 0.25) is 0 Å². The molecule has 0 atom stereocenters. The maximum absolute atomic E-state index is 11.3. The lowest BCUT2D eigenvalue weighted by Crippen LogP contribution is -1.98. The second-order valence-electron chi connectivity index (χ2n) is 4.22. The molecule has 0 saturated heterocycles. The standard InChI is InChI=1S/C14H11N3O2/c1-8-16-12(9-5-3-2-4-6-9)11-10(14(18)19)7-15-13(11)17-8/h2-7H,1H3,(H,18,19)(H,15,16,17). The molecule has 0 saturated carbocycles. The molecule has 2 aromatic heterocycles. The lowest BCUT2D eigenvalue weighted by atomic mass is 10.1. The first-order chi connectivity index (χ1) is 9.16. The number of rotatable bonds is 2. The van der Waals surface area contributed by atoms with Crippen LogP contribution >= 0.6 is 0 Å². The van der Waals surface area contributed by atoms with Gasteiger partial charge in [0.25, 0.3) is 0 Å². The first-order valence-corrected chi connectivity index (χ1v) is 5.81. The smallest absolute Gasteiger partial charge is 0.338 e. The maximum Gasteiger partial charge on any atom is 0.338 e. The van der Waals surface area contributed by atoms with Crippen LogP contribution < -0.4 is 0 Å². The minimum Gasteiger partial charge on any atom is -0.478 e. The molecule has 3 rings (SSSR count). The Bertz CT molecular complexity index is 763. The predicted octanol–water partition coefficient (Wildman–Crippen LogP) is 2.63. The summed E-state index contributed by atoms with van der Waals surface area (Å²) in [6, 6.07) is 9.50. The number of nitrogens with one attached hydrogen (secondary N) is 1. The lowest BCUT2D eigenvalue weighted by molar-refractivity contribution is 0.0699. The van der Waals surface area contributed by atoms with Crippen molar-refractivity contribution >= 4 is 17.0 Å². The van der Waals surface area contributed by atoms with Gasteiger partial charge in [0, 0.05) is 11.8 Å². The quantitative estimate of drug-likeness (QED) is 0.735. The van der Waals surface area contributed by atoms with Crippen molar-refractivity contribution in [2.75, 3.05) is 0 Å². The average Bonchev–Trinajstić information content (AvgIpc) is 2.82. The molecule has 0 bridgehead atoms. The molecule has 0 aliphatic carbocycles. The topological polar surface area (TPSA) is 78.9 Å². The molecule has 2 heterocycles. The zero-order valence-corrected chi connectivity index (χ0v) is 10.2. The van der Waals surface area contributed by atoms with Gasteiger partial charge in [-0.15, -0.1) is 0 Å². The summed E-state index contributed by atoms with van der Waals surface area (Å²) < 4.78 is 0. The fraction of sp³-hybridized carbons (Fsp3) is 0.0714. The Morgan fingerprint density at radius 3 is 2.63 bits per heavy atom. The summed E-state index contributed by atoms with van der Waals surface area (Å²) >= 11 is 0. The summed E-state index contributed by atoms with van der Waals surface area (Å²) in [5.74, 6) is -0.388. The zero-order chi connectivity index (χ0) is 13.4. The van der Waals surface area contributed by atoms with E-state index in [0.29, 0.717) is 22.6 Å². The van der Waals surface area contributed by atoms with E-state index in [2.05, 4.69) is 15.0 Å². The maximum atomic E-state index is 11.3. The summed E-state index contributed by atoms with van der Waals surface area (Å²) in [5, 5.41) is 9.78. The molecule has 1 aromatic carbocycles. The van der Waals surface area contributed by atoms with E-state index in [1.54, 1.807) is 6.92 Å². The van der Waals surface area contributed by atoms with Crippen molar-refractivity contribution in [3.63, 3.8) is 0 Å². The molecule has 3 aromatic rings. The minimum atomic E-state index is -0.990. The molecule has 19 heavy (non-hydrogen) atoms. The number of aromatic amines is 1. The van der Waals surface area contributed by atoms with Crippen LogP contribution in [-0.2, 0) is 0 Å². The first-order valence-electron chi connectivity index (χ1n) is 5.81. The van der Waals surface area contributed by atoms with Crippen LogP contribution in [0, 0.1) is 6.92 Å². The predicted molar refractivity (Wildman–Crippen MR) is 71.0 cm³/mol. The molecule has 0 unspecified atom stereocenters. The van der Waals surface area contributed by atoms with Crippen molar-refractivity contribution in [1.29, 1.82) is 0 Å². The van der Waals surface area contributed by atoms with E-state index < -0.39 is 5.97 Å². The second-order valence-corrected chi connectivity index (χ2v) is 4.22. The number of nitrogens with zero attached hydrogens (tertiary/aromatic N) is 2. The summed E-state index contributed by atoms with van der Waals surface area (Å²) in [4.78, 5) is 22.8. The number of aromatic nitrogens is 3. The van der Waals surface area contributed by atoms with Crippen LogP contribution in [0.2, 0.25) is 0 Å². The van der Waals surface area contributed by atoms with Gasteiger partial charge in [0.05, 0.1) is 16.6 Å². The van der Waals surface area contributed by atoms with Crippen molar-refractivity contribution in [3.8, 4) is 11.3 Å². The van der Waals surface area contributed by atoms with Crippen LogP contribution in [0.5, 0.6) is 0 Å². The molecule has 0 radical (unpaired) electrons. The Hall–Kier alpha value is -2.69. The Balaban J connectivity index is 2.39. The fourth-order valence-electron chi connectivity index (χ4n) is 2.12. The van der Waals surface area contributed by atoms with Crippen molar-refractivity contribution in [1.82, 2.24) is 15.0 Å². The van der Waals surface area contributed by atoms with Gasteiger partial charge >= 0.3 is 5.97 Å². The van der Waals surface area contributed by atoms with Crippen molar-refractivity contribution in [3.05, 3.63) is 47.9 Å². The molecular weight excluding hydrogens is 242 g/mol. The van der Waals surface area contributed by atoms with Gasteiger partial charge in [-0.05, 0) is 6.92 Å². The normalized spacial score (nSPS) is 10.8. The number of fused-ring (bicyclic) bond motifs is 1. The molecule has 0 spiro atoms. The Labute approximate surface area is 109 Å². The molecule has 0 fully saturated rings. The van der Waals surface area contributed by atoms with E-state index in [1.807, 2.05) is 30.3 Å². The fourth-order valence-corrected chi connectivity index (χ4v) is 2.12. The highest BCUT2D eigenvalue weighted by atomic mass is 16.4. The Morgan fingerprint density at radius 1 is 1.21 bits per heavy atom. The summed E-state index contributed by atoms with van der Waals surface area (Å²) in [6.07, 6.45) is 1.45. The summed E-state index contributed by atoms with van der Waals surface area (Å²) in [5.41, 5.74) is 2.25. The third-order valence-electron chi connectivity index (χ3n) is 2.92. The molecular formula is C14H11N3O2. The average molecular weight is 253 g/mol. The van der Waals surface area contributed by atoms with Gasteiger partial charge in [-0.25, -0.2) is 14.8 Å². The van der Waals surface area contributed by atoms with E-state index in [1.165, 1.54) is 6.20 Å². The Kier molecular flexibility index (Phi) is 2.52. The van der Waals surface area contributed by atoms with E-state index in [0.717, 1.165) is 5.56 Å². The van der Waals surface area contributed by atoms with Crippen LogP contribution in [-0.4, -0.2) is 26.0 Å². The number of hydrogen-bond acceptors (Lipinski definition) is 3. The van der Waals surface area contributed by atoms with E-state index in [9.17, 15) is 9.90 Å². The SMILES string of the molecule is Cc1nc(-c2ccccc2)c2c(C(=O)O)c[nH]c2n1. The molecule has 5 nitrogen and oxygen atoms in total. The highest BCUT2D eigenvalue weighted by molar-refractivity contribution is 6.07. The van der Waals surface area contributed by atoms with Crippen molar-refractivity contribution < 1.29 is 9.90 Å². The number of carbonyl (C=O) groups is 1. The van der Waals surface area contributed by atoms with Gasteiger partial charge in [0.15, 0.2) is 0 Å². The van der Waals surface area contributed by atoms with Crippen molar-refractivity contribution in [2.24, 2.45) is 0 Å². The molecule has 5 heteroatoms. The molecule has 0 aliphatic rings. The zero-order valence-electron chi connectivity index (χ0n) is 10.2. The number of carboxylic acids is 1. The third-order valence-corrected chi connectivity index (χ3v) is 2.92. The number of H-pyrrole nitrogens is 1. The van der Waals surface area contributed by atoms with E-state index >= 15 is 0 Å². The number of aryl methyl sites for hydroxylation is 1. The second kappa shape index (κ2) is 4.20. The van der Waals surface area contributed by atoms with Crippen LogP contribution in [0.15, 0.2) is 36.5 Å². The largest absolute Gasteiger partial charge is 0.478 e. The molecule has 0 amide bonds. The lowest BCUT2D eigenvalue weighted by Gasteiger charge is -2.05. The summed E-state index contributed by atoms with van der Waals surface area (Å²) in [6.45, 7) is 1.78. The van der Waals surface area contributed by atoms with Crippen LogP contribution in [0.1, 0.15) is 16.2 Å². The van der Waals surface area contributed by atoms with Gasteiger partial charge < -0.3 is 10.1 Å². The highest BCUT2D eigenvalue weighted by Crippen LogP contribution is 2.28. The number of benzene rings is 1. The monoisotopic (exact) mass is 253 g/mol. The molecule has 94 valence electrons. The van der Waals surface area contributed by atoms with Gasteiger partial charge in [-0.1, -0.05) is 30.3 Å². The van der Waals surface area contributed by atoms with Crippen LogP contribution in [0.25, 0.3) is 22.3 Å². The minimum absolute atomic E-state index is 0.189. The summed E-state index contributed by atoms with van der Waals surface area (Å²) in [7, 11) is 0. The van der Waals surface area contributed by atoms with E-state index in [4.69, 9.17) is 0 Å². The van der Waals surface area contributed by atoms with Crippen molar-refractivity contribution in [2.45, 2.75) is 6.92 Å². The third kappa shape index (κ3) is 1.85. The Morgan fingerprint density at radius 2 is 1.95 bits per heavy atom. The molecule has 2 N–H and O–H groups in total. The number of hydrogen-bond donors (Lipinski definition) is 2. The van der Waals surface area contributed by atoms with Gasteiger partial charge in [-0.2, -0.15) is 0 Å².